The molecule has 18 heavy (non-hydrogen) atoms. The lowest BCUT2D eigenvalue weighted by atomic mass is 10.1. The highest BCUT2D eigenvalue weighted by atomic mass is 35.7. The number of aromatic nitrogens is 1. The molecule has 1 aromatic heterocycles. The van der Waals surface area contributed by atoms with E-state index in [0.29, 0.717) is 12.5 Å². The van der Waals surface area contributed by atoms with Gasteiger partial charge in [-0.1, -0.05) is 13.8 Å². The fourth-order valence-corrected chi connectivity index (χ4v) is 2.12. The quantitative estimate of drug-likeness (QED) is 0.845. The maximum atomic E-state index is 12.0. The molecular weight excluding hydrogens is 276 g/mol. The van der Waals surface area contributed by atoms with E-state index in [1.807, 2.05) is 0 Å². The van der Waals surface area contributed by atoms with Crippen LogP contribution in [-0.2, 0) is 9.05 Å². The SMILES string of the molecule is CC(C)CCN(C)C(=O)c1cc(S(=O)(=O)Cl)c[nH]1. The average molecular weight is 293 g/mol. The summed E-state index contributed by atoms with van der Waals surface area (Å²) < 4.78 is 22.1. The number of hydrogen-bond donors (Lipinski definition) is 1. The largest absolute Gasteiger partial charge is 0.356 e. The van der Waals surface area contributed by atoms with Crippen LogP contribution in [-0.4, -0.2) is 37.8 Å². The molecule has 0 bridgehead atoms. The highest BCUT2D eigenvalue weighted by molar-refractivity contribution is 8.13. The minimum absolute atomic E-state index is 0.0928. The fourth-order valence-electron chi connectivity index (χ4n) is 1.40. The van der Waals surface area contributed by atoms with Crippen molar-refractivity contribution in [3.8, 4) is 0 Å². The maximum absolute atomic E-state index is 12.0. The molecule has 0 atom stereocenters. The molecule has 1 amide bonds. The summed E-state index contributed by atoms with van der Waals surface area (Å²) in [6.07, 6.45) is 2.11. The molecule has 1 rings (SSSR count). The van der Waals surface area contributed by atoms with Gasteiger partial charge in [0.25, 0.3) is 15.0 Å². The smallest absolute Gasteiger partial charge is 0.270 e. The number of carbonyl (C=O) groups is 1. The summed E-state index contributed by atoms with van der Waals surface area (Å²) in [6, 6.07) is 1.25. The topological polar surface area (TPSA) is 70.2 Å². The van der Waals surface area contributed by atoms with Crippen molar-refractivity contribution in [3.63, 3.8) is 0 Å². The number of rotatable bonds is 5. The Kier molecular flexibility index (Phi) is 4.81. The molecule has 102 valence electrons. The van der Waals surface area contributed by atoms with Crippen LogP contribution < -0.4 is 0 Å². The predicted octanol–water partition coefficient (Wildman–Crippen LogP) is 2.06. The molecule has 0 saturated heterocycles. The van der Waals surface area contributed by atoms with E-state index in [9.17, 15) is 13.2 Å². The van der Waals surface area contributed by atoms with Gasteiger partial charge in [-0.25, -0.2) is 8.42 Å². The molecule has 0 fully saturated rings. The summed E-state index contributed by atoms with van der Waals surface area (Å²) in [7, 11) is 3.07. The Morgan fingerprint density at radius 3 is 2.56 bits per heavy atom. The molecule has 0 unspecified atom stereocenters. The van der Waals surface area contributed by atoms with Crippen LogP contribution >= 0.6 is 10.7 Å². The molecule has 0 radical (unpaired) electrons. The molecule has 7 heteroatoms. The third-order valence-electron chi connectivity index (χ3n) is 2.56. The van der Waals surface area contributed by atoms with Gasteiger partial charge in [-0.2, -0.15) is 0 Å². The number of nitrogens with one attached hydrogen (secondary N) is 1. The van der Waals surface area contributed by atoms with E-state index < -0.39 is 9.05 Å². The van der Waals surface area contributed by atoms with Gasteiger partial charge in [0.05, 0.1) is 0 Å². The minimum Gasteiger partial charge on any atom is -0.356 e. The number of hydrogen-bond acceptors (Lipinski definition) is 3. The van der Waals surface area contributed by atoms with E-state index in [1.165, 1.54) is 12.3 Å². The molecule has 0 aliphatic heterocycles. The van der Waals surface area contributed by atoms with E-state index in [-0.39, 0.29) is 16.5 Å². The van der Waals surface area contributed by atoms with Gasteiger partial charge in [0.15, 0.2) is 0 Å². The second kappa shape index (κ2) is 5.75. The van der Waals surface area contributed by atoms with Gasteiger partial charge in [-0.05, 0) is 18.4 Å². The third kappa shape index (κ3) is 4.03. The Balaban J connectivity index is 2.76. The lowest BCUT2D eigenvalue weighted by molar-refractivity contribution is 0.0784. The van der Waals surface area contributed by atoms with Crippen LogP contribution in [0.15, 0.2) is 17.2 Å². The van der Waals surface area contributed by atoms with Gasteiger partial charge in [-0.15, -0.1) is 0 Å². The zero-order valence-corrected chi connectivity index (χ0v) is 12.2. The number of amides is 1. The number of nitrogens with zero attached hydrogens (tertiary/aromatic N) is 1. The summed E-state index contributed by atoms with van der Waals surface area (Å²) in [5.74, 6) is 0.255. The van der Waals surface area contributed by atoms with Gasteiger partial charge in [-0.3, -0.25) is 4.79 Å². The second-order valence-corrected chi connectivity index (χ2v) is 7.16. The van der Waals surface area contributed by atoms with Crippen molar-refractivity contribution in [2.45, 2.75) is 25.2 Å². The van der Waals surface area contributed by atoms with E-state index in [1.54, 1.807) is 11.9 Å². The van der Waals surface area contributed by atoms with Crippen molar-refractivity contribution in [3.05, 3.63) is 18.0 Å². The highest BCUT2D eigenvalue weighted by Gasteiger charge is 2.18. The molecule has 0 aliphatic rings. The second-order valence-electron chi connectivity index (χ2n) is 4.60. The first-order valence-corrected chi connectivity index (χ1v) is 7.91. The van der Waals surface area contributed by atoms with Crippen molar-refractivity contribution in [2.24, 2.45) is 5.92 Å². The molecule has 1 N–H and O–H groups in total. The zero-order chi connectivity index (χ0) is 13.9. The van der Waals surface area contributed by atoms with Crippen LogP contribution in [0.5, 0.6) is 0 Å². The number of H-pyrrole nitrogens is 1. The third-order valence-corrected chi connectivity index (χ3v) is 3.89. The Labute approximate surface area is 112 Å². The highest BCUT2D eigenvalue weighted by Crippen LogP contribution is 2.16. The van der Waals surface area contributed by atoms with E-state index >= 15 is 0 Å². The lowest BCUT2D eigenvalue weighted by Gasteiger charge is -2.17. The van der Waals surface area contributed by atoms with Crippen molar-refractivity contribution in [1.82, 2.24) is 9.88 Å². The van der Waals surface area contributed by atoms with E-state index in [2.05, 4.69) is 18.8 Å². The van der Waals surface area contributed by atoms with Crippen LogP contribution in [0.4, 0.5) is 0 Å². The van der Waals surface area contributed by atoms with Crippen molar-refractivity contribution >= 4 is 25.6 Å². The Bertz CT molecular complexity index is 522. The van der Waals surface area contributed by atoms with Crippen molar-refractivity contribution in [2.75, 3.05) is 13.6 Å². The molecule has 0 aliphatic carbocycles. The van der Waals surface area contributed by atoms with Crippen LogP contribution in [0.25, 0.3) is 0 Å². The molecule has 0 spiro atoms. The molecule has 1 heterocycles. The van der Waals surface area contributed by atoms with Gasteiger partial charge >= 0.3 is 0 Å². The van der Waals surface area contributed by atoms with Gasteiger partial charge in [0.1, 0.15) is 10.6 Å². The number of carbonyl (C=O) groups excluding carboxylic acids is 1. The van der Waals surface area contributed by atoms with Crippen LogP contribution in [0, 0.1) is 5.92 Å². The van der Waals surface area contributed by atoms with Crippen molar-refractivity contribution < 1.29 is 13.2 Å². The van der Waals surface area contributed by atoms with Gasteiger partial charge < -0.3 is 9.88 Å². The maximum Gasteiger partial charge on any atom is 0.270 e. The molecular formula is C11H17ClN2O3S. The minimum atomic E-state index is -3.80. The zero-order valence-electron chi connectivity index (χ0n) is 10.6. The monoisotopic (exact) mass is 292 g/mol. The van der Waals surface area contributed by atoms with Crippen LogP contribution in [0.3, 0.4) is 0 Å². The average Bonchev–Trinajstić information content (AvgIpc) is 2.73. The Morgan fingerprint density at radius 1 is 1.50 bits per heavy atom. The van der Waals surface area contributed by atoms with Crippen molar-refractivity contribution in [1.29, 1.82) is 0 Å². The summed E-state index contributed by atoms with van der Waals surface area (Å²) in [4.78, 5) is 16.0. The van der Waals surface area contributed by atoms with Crippen LogP contribution in [0.1, 0.15) is 30.8 Å². The molecule has 5 nitrogen and oxygen atoms in total. The lowest BCUT2D eigenvalue weighted by Crippen LogP contribution is -2.28. The summed E-state index contributed by atoms with van der Waals surface area (Å²) in [5, 5.41) is 0. The van der Waals surface area contributed by atoms with Gasteiger partial charge in [0.2, 0.25) is 0 Å². The predicted molar refractivity (Wildman–Crippen MR) is 70.2 cm³/mol. The first kappa shape index (κ1) is 15.0. The molecule has 0 aromatic carbocycles. The summed E-state index contributed by atoms with van der Waals surface area (Å²) in [6.45, 7) is 4.77. The summed E-state index contributed by atoms with van der Waals surface area (Å²) >= 11 is 0. The Hall–Kier alpha value is -1.01. The van der Waals surface area contributed by atoms with Crippen LogP contribution in [0.2, 0.25) is 0 Å². The first-order valence-electron chi connectivity index (χ1n) is 5.60. The molecule has 1 aromatic rings. The van der Waals surface area contributed by atoms with Gasteiger partial charge in [0, 0.05) is 30.5 Å². The molecule has 0 saturated carbocycles. The number of halogens is 1. The normalized spacial score (nSPS) is 11.8. The first-order chi connectivity index (χ1) is 8.21. The number of aromatic amines is 1. The summed E-state index contributed by atoms with van der Waals surface area (Å²) in [5.41, 5.74) is 0.223. The Morgan fingerprint density at radius 2 is 2.11 bits per heavy atom. The van der Waals surface area contributed by atoms with E-state index in [4.69, 9.17) is 10.7 Å². The fraction of sp³-hybridized carbons (Fsp3) is 0.545. The van der Waals surface area contributed by atoms with E-state index in [0.717, 1.165) is 6.42 Å². The standard InChI is InChI=1S/C11H17ClN2O3S/c1-8(2)4-5-14(3)11(15)10-6-9(7-13-10)18(12,16)17/h6-8,13H,4-5H2,1-3H3.